The largest absolute Gasteiger partial charge is 0.466 e. The Labute approximate surface area is 179 Å². The molecule has 148 valence electrons. The summed E-state index contributed by atoms with van der Waals surface area (Å²) in [6.07, 6.45) is 1.89. The van der Waals surface area contributed by atoms with Crippen LogP contribution in [0, 0.1) is 6.92 Å². The third-order valence-electron chi connectivity index (χ3n) is 4.78. The van der Waals surface area contributed by atoms with Crippen LogP contribution in [-0.4, -0.2) is 17.6 Å². The Hall–Kier alpha value is -2.48. The van der Waals surface area contributed by atoms with Gasteiger partial charge in [0.05, 0.1) is 29.0 Å². The van der Waals surface area contributed by atoms with E-state index in [-0.39, 0.29) is 5.56 Å². The molecule has 0 amide bonds. The predicted molar refractivity (Wildman–Crippen MR) is 116 cm³/mol. The average molecular weight is 445 g/mol. The van der Waals surface area contributed by atoms with Crippen LogP contribution in [0.4, 0.5) is 0 Å². The highest BCUT2D eigenvalue weighted by Gasteiger charge is 2.33. The molecule has 0 N–H and O–H groups in total. The van der Waals surface area contributed by atoms with E-state index in [0.717, 1.165) is 16.0 Å². The standard InChI is InChI=1S/C21H17ClN2O3S2/c1-11-8-9-28-15(11)10-16-19(25)24-18(13-4-6-14(22)7-5-13)17(20(26)27-3)12(2)23-21(24)29-16/h4-10,18H,1-3H3/b16-10+. The number of ether oxygens (including phenoxy) is 1. The first-order chi connectivity index (χ1) is 13.9. The van der Waals surface area contributed by atoms with Crippen LogP contribution in [0.25, 0.3) is 6.08 Å². The Morgan fingerprint density at radius 1 is 1.24 bits per heavy atom. The van der Waals surface area contributed by atoms with Crippen molar-refractivity contribution in [3.8, 4) is 0 Å². The van der Waals surface area contributed by atoms with Gasteiger partial charge in [-0.15, -0.1) is 11.3 Å². The first kappa shape index (κ1) is 19.8. The Morgan fingerprint density at radius 2 is 1.97 bits per heavy atom. The molecule has 0 radical (unpaired) electrons. The number of thiazole rings is 1. The number of aryl methyl sites for hydroxylation is 1. The minimum absolute atomic E-state index is 0.185. The molecule has 29 heavy (non-hydrogen) atoms. The summed E-state index contributed by atoms with van der Waals surface area (Å²) in [6, 6.07) is 8.51. The average Bonchev–Trinajstić information content (AvgIpc) is 3.24. The Bertz CT molecular complexity index is 1310. The maximum atomic E-state index is 13.4. The number of hydrogen-bond acceptors (Lipinski definition) is 6. The van der Waals surface area contributed by atoms with Crippen LogP contribution in [0.2, 0.25) is 5.02 Å². The van der Waals surface area contributed by atoms with Gasteiger partial charge in [-0.25, -0.2) is 9.79 Å². The lowest BCUT2D eigenvalue weighted by Gasteiger charge is -2.24. The van der Waals surface area contributed by atoms with Crippen molar-refractivity contribution in [2.75, 3.05) is 7.11 Å². The third-order valence-corrected chi connectivity index (χ3v) is 6.98. The number of thiophene rings is 1. The second-order valence-electron chi connectivity index (χ2n) is 6.59. The topological polar surface area (TPSA) is 60.7 Å². The summed E-state index contributed by atoms with van der Waals surface area (Å²) in [7, 11) is 1.33. The van der Waals surface area contributed by atoms with Crippen molar-refractivity contribution < 1.29 is 9.53 Å². The lowest BCUT2D eigenvalue weighted by atomic mass is 9.96. The summed E-state index contributed by atoms with van der Waals surface area (Å²) in [5.74, 6) is -0.505. The Balaban J connectivity index is 2.00. The van der Waals surface area contributed by atoms with Gasteiger partial charge in [0.25, 0.3) is 5.56 Å². The summed E-state index contributed by atoms with van der Waals surface area (Å²) in [5.41, 5.74) is 2.58. The van der Waals surface area contributed by atoms with Crippen molar-refractivity contribution in [1.29, 1.82) is 0 Å². The van der Waals surface area contributed by atoms with E-state index in [2.05, 4.69) is 4.99 Å². The number of benzene rings is 1. The quantitative estimate of drug-likeness (QED) is 0.581. The number of fused-ring (bicyclic) bond motifs is 1. The summed E-state index contributed by atoms with van der Waals surface area (Å²) >= 11 is 8.94. The zero-order valence-corrected chi connectivity index (χ0v) is 18.3. The van der Waals surface area contributed by atoms with E-state index < -0.39 is 12.0 Å². The molecule has 0 spiro atoms. The molecule has 2 aromatic heterocycles. The van der Waals surface area contributed by atoms with Crippen molar-refractivity contribution in [2.45, 2.75) is 19.9 Å². The normalized spacial score (nSPS) is 16.6. The van der Waals surface area contributed by atoms with Gasteiger partial charge in [0.15, 0.2) is 4.80 Å². The van der Waals surface area contributed by atoms with Gasteiger partial charge < -0.3 is 4.74 Å². The predicted octanol–water partition coefficient (Wildman–Crippen LogP) is 3.43. The fourth-order valence-corrected chi connectivity index (χ4v) is 5.39. The molecule has 3 heterocycles. The van der Waals surface area contributed by atoms with E-state index >= 15 is 0 Å². The number of carbonyl (C=O) groups is 1. The van der Waals surface area contributed by atoms with E-state index in [1.807, 2.05) is 36.6 Å². The summed E-state index contributed by atoms with van der Waals surface area (Å²) in [6.45, 7) is 3.77. The summed E-state index contributed by atoms with van der Waals surface area (Å²) in [5, 5.41) is 2.57. The molecule has 1 aliphatic heterocycles. The first-order valence-corrected chi connectivity index (χ1v) is 10.9. The number of methoxy groups -OCH3 is 1. The zero-order chi connectivity index (χ0) is 20.7. The lowest BCUT2D eigenvalue weighted by Crippen LogP contribution is -2.39. The molecule has 3 aromatic rings. The molecule has 1 unspecified atom stereocenters. The number of halogens is 1. The molecule has 1 aliphatic rings. The molecule has 0 aliphatic carbocycles. The minimum atomic E-state index is -0.623. The number of rotatable bonds is 3. The third kappa shape index (κ3) is 3.50. The molecule has 4 rings (SSSR count). The highest BCUT2D eigenvalue weighted by atomic mass is 35.5. The molecule has 1 aromatic carbocycles. The number of allylic oxidation sites excluding steroid dienone is 1. The maximum Gasteiger partial charge on any atom is 0.338 e. The molecule has 0 bridgehead atoms. The van der Waals surface area contributed by atoms with E-state index in [1.54, 1.807) is 35.0 Å². The highest BCUT2D eigenvalue weighted by molar-refractivity contribution is 7.11. The van der Waals surface area contributed by atoms with Gasteiger partial charge in [0, 0.05) is 9.90 Å². The molecule has 5 nitrogen and oxygen atoms in total. The Morgan fingerprint density at radius 3 is 2.59 bits per heavy atom. The van der Waals surface area contributed by atoms with Crippen LogP contribution < -0.4 is 14.9 Å². The van der Waals surface area contributed by atoms with E-state index in [4.69, 9.17) is 16.3 Å². The van der Waals surface area contributed by atoms with Crippen molar-refractivity contribution in [3.63, 3.8) is 0 Å². The van der Waals surface area contributed by atoms with Crippen molar-refractivity contribution in [3.05, 3.63) is 87.7 Å². The smallest absolute Gasteiger partial charge is 0.338 e. The van der Waals surface area contributed by atoms with Crippen LogP contribution in [0.3, 0.4) is 0 Å². The van der Waals surface area contributed by atoms with Gasteiger partial charge in [0.1, 0.15) is 0 Å². The summed E-state index contributed by atoms with van der Waals surface area (Å²) < 4.78 is 7.14. The van der Waals surface area contributed by atoms with E-state index in [1.165, 1.54) is 18.4 Å². The molecule has 0 fully saturated rings. The van der Waals surface area contributed by atoms with Gasteiger partial charge in [-0.3, -0.25) is 9.36 Å². The van der Waals surface area contributed by atoms with Crippen LogP contribution >= 0.6 is 34.3 Å². The first-order valence-electron chi connectivity index (χ1n) is 8.81. The summed E-state index contributed by atoms with van der Waals surface area (Å²) in [4.78, 5) is 32.0. The van der Waals surface area contributed by atoms with Crippen LogP contribution in [0.5, 0.6) is 0 Å². The second kappa shape index (κ2) is 7.74. The SMILES string of the molecule is COC(=O)C1=C(C)N=c2s/c(=C/c3sccc3C)c(=O)n2C1c1ccc(Cl)cc1. The highest BCUT2D eigenvalue weighted by Crippen LogP contribution is 2.31. The second-order valence-corrected chi connectivity index (χ2v) is 8.99. The fourth-order valence-electron chi connectivity index (χ4n) is 3.30. The van der Waals surface area contributed by atoms with Crippen LogP contribution in [0.15, 0.2) is 56.8 Å². The minimum Gasteiger partial charge on any atom is -0.466 e. The number of esters is 1. The van der Waals surface area contributed by atoms with Gasteiger partial charge in [-0.05, 0) is 54.6 Å². The number of hydrogen-bond donors (Lipinski definition) is 0. The van der Waals surface area contributed by atoms with Crippen molar-refractivity contribution in [1.82, 2.24) is 4.57 Å². The van der Waals surface area contributed by atoms with Crippen molar-refractivity contribution in [2.24, 2.45) is 4.99 Å². The van der Waals surface area contributed by atoms with Gasteiger partial charge in [0.2, 0.25) is 0 Å². The number of carbonyl (C=O) groups excluding carboxylic acids is 1. The maximum absolute atomic E-state index is 13.4. The van der Waals surface area contributed by atoms with Gasteiger partial charge in [-0.1, -0.05) is 35.1 Å². The fraction of sp³-hybridized carbons (Fsp3) is 0.190. The Kier molecular flexibility index (Phi) is 5.29. The molecular formula is C21H17ClN2O3S2. The number of aromatic nitrogens is 1. The van der Waals surface area contributed by atoms with Crippen molar-refractivity contribution >= 4 is 46.3 Å². The van der Waals surface area contributed by atoms with E-state index in [9.17, 15) is 9.59 Å². The van der Waals surface area contributed by atoms with Crippen LogP contribution in [-0.2, 0) is 9.53 Å². The van der Waals surface area contributed by atoms with Gasteiger partial charge >= 0.3 is 5.97 Å². The monoisotopic (exact) mass is 444 g/mol. The molecule has 0 saturated heterocycles. The van der Waals surface area contributed by atoms with Crippen LogP contribution in [0.1, 0.15) is 29.0 Å². The lowest BCUT2D eigenvalue weighted by molar-refractivity contribution is -0.136. The van der Waals surface area contributed by atoms with Gasteiger partial charge in [-0.2, -0.15) is 0 Å². The molecule has 0 saturated carbocycles. The zero-order valence-electron chi connectivity index (χ0n) is 15.9. The molecule has 8 heteroatoms. The molecular weight excluding hydrogens is 428 g/mol. The molecule has 1 atom stereocenters. The van der Waals surface area contributed by atoms with E-state index in [0.29, 0.717) is 25.6 Å². The number of nitrogens with zero attached hydrogens (tertiary/aromatic N) is 2.